The van der Waals surface area contributed by atoms with Crippen molar-refractivity contribution in [3.63, 3.8) is 0 Å². The van der Waals surface area contributed by atoms with E-state index < -0.39 is 0 Å². The summed E-state index contributed by atoms with van der Waals surface area (Å²) in [5.74, 6) is 0.642. The van der Waals surface area contributed by atoms with Gasteiger partial charge in [-0.05, 0) is 11.0 Å². The van der Waals surface area contributed by atoms with Crippen molar-refractivity contribution >= 4 is 0 Å². The van der Waals surface area contributed by atoms with E-state index in [4.69, 9.17) is 10.5 Å². The number of hydrogen-bond acceptors (Lipinski definition) is 3. The van der Waals surface area contributed by atoms with Crippen molar-refractivity contribution in [1.29, 1.82) is 0 Å². The lowest BCUT2D eigenvalue weighted by Crippen LogP contribution is -2.13. The lowest BCUT2D eigenvalue weighted by atomic mass is 9.88. The van der Waals surface area contributed by atoms with Gasteiger partial charge in [-0.1, -0.05) is 26.8 Å². The minimum Gasteiger partial charge on any atom is -0.476 e. The molecule has 0 saturated carbocycles. The van der Waals surface area contributed by atoms with Crippen molar-refractivity contribution in [2.24, 2.45) is 5.73 Å². The van der Waals surface area contributed by atoms with E-state index in [1.807, 2.05) is 18.3 Å². The lowest BCUT2D eigenvalue weighted by molar-refractivity contribution is 0.315. The monoisotopic (exact) mass is 194 g/mol. The average molecular weight is 194 g/mol. The van der Waals surface area contributed by atoms with E-state index in [2.05, 4.69) is 25.8 Å². The molecule has 2 N–H and O–H groups in total. The first-order valence-electron chi connectivity index (χ1n) is 4.83. The summed E-state index contributed by atoms with van der Waals surface area (Å²) in [6.07, 6.45) is 1.85. The minimum atomic E-state index is 0.138. The fourth-order valence-corrected chi connectivity index (χ4v) is 1.07. The van der Waals surface area contributed by atoms with Crippen molar-refractivity contribution in [2.45, 2.75) is 26.2 Å². The summed E-state index contributed by atoms with van der Waals surface area (Å²) in [5.41, 5.74) is 6.67. The molecule has 78 valence electrons. The molecule has 3 nitrogen and oxygen atoms in total. The number of pyridine rings is 1. The van der Waals surface area contributed by atoms with Gasteiger partial charge in [-0.25, -0.2) is 4.98 Å². The first-order valence-corrected chi connectivity index (χ1v) is 4.83. The molecule has 0 spiro atoms. The molecule has 1 heterocycles. The van der Waals surface area contributed by atoms with Gasteiger partial charge in [0, 0.05) is 18.8 Å². The van der Waals surface area contributed by atoms with Gasteiger partial charge in [-0.15, -0.1) is 0 Å². The Morgan fingerprint density at radius 3 is 2.50 bits per heavy atom. The van der Waals surface area contributed by atoms with Gasteiger partial charge in [0.2, 0.25) is 5.88 Å². The second-order valence-corrected chi connectivity index (χ2v) is 4.27. The van der Waals surface area contributed by atoms with Crippen LogP contribution in [0.1, 0.15) is 26.3 Å². The van der Waals surface area contributed by atoms with E-state index in [1.165, 1.54) is 5.56 Å². The van der Waals surface area contributed by atoms with Crippen LogP contribution in [0.5, 0.6) is 5.88 Å². The van der Waals surface area contributed by atoms with Crippen LogP contribution >= 0.6 is 0 Å². The highest BCUT2D eigenvalue weighted by Crippen LogP contribution is 2.22. The van der Waals surface area contributed by atoms with E-state index in [9.17, 15) is 0 Å². The molecule has 0 atom stereocenters. The molecule has 0 saturated heterocycles. The minimum absolute atomic E-state index is 0.138. The van der Waals surface area contributed by atoms with Crippen LogP contribution in [0.15, 0.2) is 18.3 Å². The summed E-state index contributed by atoms with van der Waals surface area (Å²) in [6, 6.07) is 3.93. The van der Waals surface area contributed by atoms with Crippen molar-refractivity contribution in [3.05, 3.63) is 23.9 Å². The quantitative estimate of drug-likeness (QED) is 0.797. The van der Waals surface area contributed by atoms with Crippen LogP contribution in [-0.4, -0.2) is 18.1 Å². The Hall–Kier alpha value is -1.09. The Morgan fingerprint density at radius 2 is 2.07 bits per heavy atom. The molecule has 1 aromatic rings. The van der Waals surface area contributed by atoms with E-state index >= 15 is 0 Å². The largest absolute Gasteiger partial charge is 0.476 e. The fraction of sp³-hybridized carbons (Fsp3) is 0.545. The zero-order chi connectivity index (χ0) is 10.6. The van der Waals surface area contributed by atoms with Crippen LogP contribution in [0.3, 0.4) is 0 Å². The molecule has 14 heavy (non-hydrogen) atoms. The Labute approximate surface area is 85.3 Å². The van der Waals surface area contributed by atoms with Crippen LogP contribution in [0.25, 0.3) is 0 Å². The van der Waals surface area contributed by atoms with Crippen molar-refractivity contribution in [1.82, 2.24) is 4.98 Å². The normalized spacial score (nSPS) is 11.4. The highest BCUT2D eigenvalue weighted by Gasteiger charge is 2.13. The SMILES string of the molecule is CC(C)(C)c1ccc(OCCN)nc1. The second kappa shape index (κ2) is 4.42. The first kappa shape index (κ1) is 11.0. The second-order valence-electron chi connectivity index (χ2n) is 4.27. The predicted octanol–water partition coefficient (Wildman–Crippen LogP) is 1.72. The molecule has 0 aliphatic carbocycles. The van der Waals surface area contributed by atoms with Gasteiger partial charge in [0.05, 0.1) is 0 Å². The summed E-state index contributed by atoms with van der Waals surface area (Å²) in [6.45, 7) is 7.50. The molecule has 0 bridgehead atoms. The smallest absolute Gasteiger partial charge is 0.213 e. The predicted molar refractivity (Wildman–Crippen MR) is 57.5 cm³/mol. The van der Waals surface area contributed by atoms with Gasteiger partial charge >= 0.3 is 0 Å². The van der Waals surface area contributed by atoms with Crippen molar-refractivity contribution in [3.8, 4) is 5.88 Å². The zero-order valence-electron chi connectivity index (χ0n) is 9.08. The molecule has 3 heteroatoms. The number of aromatic nitrogens is 1. The molecule has 0 aromatic carbocycles. The van der Waals surface area contributed by atoms with Gasteiger partial charge in [0.1, 0.15) is 6.61 Å². The number of nitrogens with zero attached hydrogens (tertiary/aromatic N) is 1. The van der Waals surface area contributed by atoms with Crippen LogP contribution in [0.2, 0.25) is 0 Å². The van der Waals surface area contributed by atoms with E-state index in [-0.39, 0.29) is 5.41 Å². The van der Waals surface area contributed by atoms with Gasteiger partial charge in [0.15, 0.2) is 0 Å². The van der Waals surface area contributed by atoms with Crippen LogP contribution < -0.4 is 10.5 Å². The molecular formula is C11H18N2O. The van der Waals surface area contributed by atoms with Gasteiger partial charge < -0.3 is 10.5 Å². The standard InChI is InChI=1S/C11H18N2O/c1-11(2,3)9-4-5-10(13-8-9)14-7-6-12/h4-5,8H,6-7,12H2,1-3H3. The molecule has 1 aromatic heterocycles. The molecule has 0 aliphatic rings. The highest BCUT2D eigenvalue weighted by atomic mass is 16.5. The third-order valence-corrected chi connectivity index (χ3v) is 1.97. The molecule has 0 radical (unpaired) electrons. The van der Waals surface area contributed by atoms with E-state index in [0.717, 1.165) is 0 Å². The number of hydrogen-bond donors (Lipinski definition) is 1. The number of rotatable bonds is 3. The third-order valence-electron chi connectivity index (χ3n) is 1.97. The Bertz CT molecular complexity index is 274. The van der Waals surface area contributed by atoms with Crippen LogP contribution in [0, 0.1) is 0 Å². The van der Waals surface area contributed by atoms with Crippen molar-refractivity contribution < 1.29 is 4.74 Å². The summed E-state index contributed by atoms with van der Waals surface area (Å²) < 4.78 is 5.29. The topological polar surface area (TPSA) is 48.1 Å². The summed E-state index contributed by atoms with van der Waals surface area (Å²) in [4.78, 5) is 4.20. The van der Waals surface area contributed by atoms with Crippen LogP contribution in [-0.2, 0) is 5.41 Å². The number of ether oxygens (including phenoxy) is 1. The fourth-order valence-electron chi connectivity index (χ4n) is 1.07. The molecule has 0 amide bonds. The van der Waals surface area contributed by atoms with Gasteiger partial charge in [-0.2, -0.15) is 0 Å². The molecule has 0 aliphatic heterocycles. The summed E-state index contributed by atoms with van der Waals surface area (Å²) >= 11 is 0. The Morgan fingerprint density at radius 1 is 1.36 bits per heavy atom. The Kier molecular flexibility index (Phi) is 3.47. The maximum Gasteiger partial charge on any atom is 0.213 e. The molecule has 0 fully saturated rings. The number of nitrogens with two attached hydrogens (primary N) is 1. The molecule has 0 unspecified atom stereocenters. The summed E-state index contributed by atoms with van der Waals surface area (Å²) in [7, 11) is 0. The first-order chi connectivity index (χ1) is 6.54. The summed E-state index contributed by atoms with van der Waals surface area (Å²) in [5, 5.41) is 0. The molecular weight excluding hydrogens is 176 g/mol. The lowest BCUT2D eigenvalue weighted by Gasteiger charge is -2.18. The van der Waals surface area contributed by atoms with E-state index in [0.29, 0.717) is 19.0 Å². The van der Waals surface area contributed by atoms with Crippen LogP contribution in [0.4, 0.5) is 0 Å². The maximum atomic E-state index is 5.32. The maximum absolute atomic E-state index is 5.32. The van der Waals surface area contributed by atoms with Gasteiger partial charge in [0.25, 0.3) is 0 Å². The zero-order valence-corrected chi connectivity index (χ0v) is 9.08. The highest BCUT2D eigenvalue weighted by molar-refractivity contribution is 5.23. The van der Waals surface area contributed by atoms with Gasteiger partial charge in [-0.3, -0.25) is 0 Å². The average Bonchev–Trinajstić information content (AvgIpc) is 2.14. The Balaban J connectivity index is 2.69. The van der Waals surface area contributed by atoms with E-state index in [1.54, 1.807) is 0 Å². The van der Waals surface area contributed by atoms with Crippen molar-refractivity contribution in [2.75, 3.05) is 13.2 Å². The molecule has 1 rings (SSSR count). The third kappa shape index (κ3) is 3.00.